The van der Waals surface area contributed by atoms with Crippen molar-refractivity contribution in [1.29, 1.82) is 5.26 Å². The first kappa shape index (κ1) is 18.5. The number of nitrogens with one attached hydrogen (secondary N) is 1. The minimum Gasteiger partial charge on any atom is -0.348 e. The number of rotatable bonds is 3. The molecular formula is C22H22N4O. The van der Waals surface area contributed by atoms with E-state index in [0.29, 0.717) is 34.4 Å². The Labute approximate surface area is 159 Å². The molecule has 0 radical (unpaired) electrons. The number of nitriles is 1. The third-order valence-electron chi connectivity index (χ3n) is 4.51. The van der Waals surface area contributed by atoms with Crippen molar-refractivity contribution in [2.45, 2.75) is 39.7 Å². The second-order valence-electron chi connectivity index (χ2n) is 7.63. The molecular weight excluding hydrogens is 336 g/mol. The van der Waals surface area contributed by atoms with E-state index in [9.17, 15) is 4.79 Å². The Bertz CT molecular complexity index is 1040. The number of carbonyl (C=O) groups is 1. The topological polar surface area (TPSA) is 78.7 Å². The summed E-state index contributed by atoms with van der Waals surface area (Å²) < 4.78 is 0. The van der Waals surface area contributed by atoms with Crippen LogP contribution in [0.3, 0.4) is 0 Å². The van der Waals surface area contributed by atoms with Crippen molar-refractivity contribution in [3.63, 3.8) is 0 Å². The molecule has 0 aliphatic carbocycles. The van der Waals surface area contributed by atoms with Gasteiger partial charge < -0.3 is 5.32 Å². The third kappa shape index (κ3) is 4.12. The van der Waals surface area contributed by atoms with Crippen molar-refractivity contribution in [3.05, 3.63) is 70.5 Å². The van der Waals surface area contributed by atoms with E-state index in [-0.39, 0.29) is 11.3 Å². The summed E-state index contributed by atoms with van der Waals surface area (Å²) in [5.74, 6) is -0.191. The van der Waals surface area contributed by atoms with Crippen LogP contribution in [0.5, 0.6) is 0 Å². The summed E-state index contributed by atoms with van der Waals surface area (Å²) in [5, 5.41) is 12.6. The third-order valence-corrected chi connectivity index (χ3v) is 4.51. The van der Waals surface area contributed by atoms with Crippen LogP contribution in [0.1, 0.15) is 53.5 Å². The summed E-state index contributed by atoms with van der Waals surface area (Å²) in [6.45, 7) is 8.74. The lowest BCUT2D eigenvalue weighted by Gasteiger charge is -2.19. The number of pyridine rings is 2. The number of hydrogen-bond donors (Lipinski definition) is 1. The summed E-state index contributed by atoms with van der Waals surface area (Å²) in [6, 6.07) is 13.8. The Hall–Kier alpha value is -3.26. The Balaban J connectivity index is 1.78. The molecule has 0 fully saturated rings. The molecule has 0 saturated carbocycles. The van der Waals surface area contributed by atoms with Gasteiger partial charge in [-0.2, -0.15) is 5.26 Å². The number of carbonyl (C=O) groups excluding carboxylic acids is 1. The predicted molar refractivity (Wildman–Crippen MR) is 105 cm³/mol. The highest BCUT2D eigenvalue weighted by Gasteiger charge is 2.14. The van der Waals surface area contributed by atoms with Gasteiger partial charge in [-0.1, -0.05) is 45.0 Å². The predicted octanol–water partition coefficient (Wildman–Crippen LogP) is 4.04. The van der Waals surface area contributed by atoms with E-state index in [1.54, 1.807) is 19.1 Å². The summed E-state index contributed by atoms with van der Waals surface area (Å²) in [6.07, 6.45) is 1.48. The van der Waals surface area contributed by atoms with E-state index in [2.05, 4.69) is 54.3 Å². The molecule has 1 amide bonds. The van der Waals surface area contributed by atoms with Crippen LogP contribution in [0.15, 0.2) is 42.6 Å². The molecule has 3 aromatic rings. The van der Waals surface area contributed by atoms with Gasteiger partial charge in [-0.3, -0.25) is 4.79 Å². The van der Waals surface area contributed by atoms with Crippen LogP contribution < -0.4 is 5.32 Å². The smallest absolute Gasteiger partial charge is 0.253 e. The van der Waals surface area contributed by atoms with Crippen molar-refractivity contribution in [2.75, 3.05) is 0 Å². The Morgan fingerprint density at radius 1 is 1.19 bits per heavy atom. The second-order valence-corrected chi connectivity index (χ2v) is 7.63. The summed E-state index contributed by atoms with van der Waals surface area (Å²) >= 11 is 0. The van der Waals surface area contributed by atoms with E-state index in [4.69, 9.17) is 5.26 Å². The van der Waals surface area contributed by atoms with Crippen molar-refractivity contribution < 1.29 is 4.79 Å². The van der Waals surface area contributed by atoms with E-state index in [1.165, 1.54) is 11.8 Å². The standard InChI is InChI=1S/C22H22N4O/c1-14-19(10-17-9-16(11-23)13-24-20(17)26-14)21(27)25-12-15-5-7-18(8-6-15)22(2,3)4/h5-10,13H,12H2,1-4H3,(H,25,27). The van der Waals surface area contributed by atoms with Gasteiger partial charge in [0.1, 0.15) is 6.07 Å². The molecule has 5 nitrogen and oxygen atoms in total. The largest absolute Gasteiger partial charge is 0.348 e. The molecule has 27 heavy (non-hydrogen) atoms. The lowest BCUT2D eigenvalue weighted by atomic mass is 9.87. The normalized spacial score (nSPS) is 11.2. The monoisotopic (exact) mass is 358 g/mol. The zero-order chi connectivity index (χ0) is 19.6. The quantitative estimate of drug-likeness (QED) is 0.766. The van der Waals surface area contributed by atoms with E-state index in [0.717, 1.165) is 5.56 Å². The summed E-state index contributed by atoms with van der Waals surface area (Å²) in [7, 11) is 0. The highest BCUT2D eigenvalue weighted by Crippen LogP contribution is 2.22. The lowest BCUT2D eigenvalue weighted by molar-refractivity contribution is 0.0950. The molecule has 3 rings (SSSR count). The van der Waals surface area contributed by atoms with Crippen molar-refractivity contribution in [2.24, 2.45) is 0 Å². The fourth-order valence-corrected chi connectivity index (χ4v) is 2.84. The number of benzene rings is 1. The number of hydrogen-bond acceptors (Lipinski definition) is 4. The van der Waals surface area contributed by atoms with Crippen LogP contribution in [0.4, 0.5) is 0 Å². The molecule has 2 aromatic heterocycles. The van der Waals surface area contributed by atoms with Gasteiger partial charge in [0.05, 0.1) is 16.8 Å². The number of fused-ring (bicyclic) bond motifs is 1. The van der Waals surface area contributed by atoms with E-state index in [1.807, 2.05) is 12.1 Å². The first-order valence-electron chi connectivity index (χ1n) is 8.83. The van der Waals surface area contributed by atoms with Gasteiger partial charge in [0, 0.05) is 18.1 Å². The number of amides is 1. The molecule has 1 aromatic carbocycles. The van der Waals surface area contributed by atoms with Gasteiger partial charge in [-0.25, -0.2) is 9.97 Å². The van der Waals surface area contributed by atoms with E-state index < -0.39 is 0 Å². The van der Waals surface area contributed by atoms with Gasteiger partial charge in [-0.15, -0.1) is 0 Å². The molecule has 5 heteroatoms. The molecule has 136 valence electrons. The molecule has 0 aliphatic heterocycles. The van der Waals surface area contributed by atoms with Crippen LogP contribution in [-0.4, -0.2) is 15.9 Å². The van der Waals surface area contributed by atoms with Gasteiger partial charge >= 0.3 is 0 Å². The lowest BCUT2D eigenvalue weighted by Crippen LogP contribution is -2.24. The maximum Gasteiger partial charge on any atom is 0.253 e. The Kier molecular flexibility index (Phi) is 4.91. The van der Waals surface area contributed by atoms with Crippen molar-refractivity contribution in [1.82, 2.24) is 15.3 Å². The fourth-order valence-electron chi connectivity index (χ4n) is 2.84. The van der Waals surface area contributed by atoms with Crippen molar-refractivity contribution >= 4 is 16.9 Å². The molecule has 0 spiro atoms. The first-order valence-corrected chi connectivity index (χ1v) is 8.83. The highest BCUT2D eigenvalue weighted by molar-refractivity contribution is 5.98. The molecule has 0 aliphatic rings. The number of aromatic nitrogens is 2. The Morgan fingerprint density at radius 3 is 2.52 bits per heavy atom. The van der Waals surface area contributed by atoms with Crippen LogP contribution in [0.2, 0.25) is 0 Å². The van der Waals surface area contributed by atoms with Crippen LogP contribution in [0.25, 0.3) is 11.0 Å². The first-order chi connectivity index (χ1) is 12.8. The minimum absolute atomic E-state index is 0.103. The average molecular weight is 358 g/mol. The zero-order valence-corrected chi connectivity index (χ0v) is 16.0. The SMILES string of the molecule is Cc1nc2ncc(C#N)cc2cc1C(=O)NCc1ccc(C(C)(C)C)cc1. The molecule has 0 unspecified atom stereocenters. The fraction of sp³-hybridized carbons (Fsp3) is 0.273. The molecule has 0 saturated heterocycles. The number of aryl methyl sites for hydroxylation is 1. The molecule has 0 bridgehead atoms. The minimum atomic E-state index is -0.191. The van der Waals surface area contributed by atoms with E-state index >= 15 is 0 Å². The summed E-state index contributed by atoms with van der Waals surface area (Å²) in [4.78, 5) is 21.2. The second kappa shape index (κ2) is 7.16. The van der Waals surface area contributed by atoms with Gasteiger partial charge in [-0.05, 0) is 35.6 Å². The van der Waals surface area contributed by atoms with Crippen LogP contribution >= 0.6 is 0 Å². The average Bonchev–Trinajstić information content (AvgIpc) is 2.64. The molecule has 1 N–H and O–H groups in total. The maximum absolute atomic E-state index is 12.6. The maximum atomic E-state index is 12.6. The molecule has 0 atom stereocenters. The number of nitrogens with zero attached hydrogens (tertiary/aromatic N) is 3. The van der Waals surface area contributed by atoms with Gasteiger partial charge in [0.2, 0.25) is 0 Å². The van der Waals surface area contributed by atoms with Gasteiger partial charge in [0.25, 0.3) is 5.91 Å². The zero-order valence-electron chi connectivity index (χ0n) is 16.0. The Morgan fingerprint density at radius 2 is 1.89 bits per heavy atom. The summed E-state index contributed by atoms with van der Waals surface area (Å²) in [5.41, 5.74) is 4.47. The highest BCUT2D eigenvalue weighted by atomic mass is 16.1. The van der Waals surface area contributed by atoms with Crippen LogP contribution in [0, 0.1) is 18.3 Å². The van der Waals surface area contributed by atoms with Crippen molar-refractivity contribution in [3.8, 4) is 6.07 Å². The van der Waals surface area contributed by atoms with Crippen LogP contribution in [-0.2, 0) is 12.0 Å². The van der Waals surface area contributed by atoms with Gasteiger partial charge in [0.15, 0.2) is 5.65 Å². The molecule has 2 heterocycles.